The number of nitrogens with two attached hydrogens (primary N) is 1. The number of hydrogen-bond donors (Lipinski definition) is 3. The molecule has 0 aliphatic heterocycles. The number of amides is 2. The highest BCUT2D eigenvalue weighted by Gasteiger charge is 2.28. The summed E-state index contributed by atoms with van der Waals surface area (Å²) >= 11 is 1.13. The van der Waals surface area contributed by atoms with Gasteiger partial charge in [-0.15, -0.1) is 15.7 Å². The number of rotatable bonds is 3. The van der Waals surface area contributed by atoms with Crippen LogP contribution in [0.15, 0.2) is 14.6 Å². The van der Waals surface area contributed by atoms with E-state index in [1.807, 2.05) is 0 Å². The second-order valence-electron chi connectivity index (χ2n) is 8.27. The van der Waals surface area contributed by atoms with Gasteiger partial charge in [0.15, 0.2) is 9.92 Å². The quantitative estimate of drug-likeness (QED) is 0.684. The third-order valence-corrected chi connectivity index (χ3v) is 9.04. The average molecular weight is 435 g/mol. The van der Waals surface area contributed by atoms with E-state index in [9.17, 15) is 14.1 Å². The van der Waals surface area contributed by atoms with Gasteiger partial charge in [-0.2, -0.15) is 0 Å². The standard InChI is InChI=1S/C20H26N4O3S2/c1-11-10-16(20(2,3)26)28-18(11)29(21,27)24-19(25)23-17-12-6-4-8-14(12)22-15-9-5-7-13(15)17/h10,26H,4-9H2,1-3H3,(H3,21,22,23,24,25,27)/t29-/m0/s1. The minimum absolute atomic E-state index is 0.315. The van der Waals surface area contributed by atoms with Crippen molar-refractivity contribution in [3.63, 3.8) is 0 Å². The van der Waals surface area contributed by atoms with E-state index in [2.05, 4.69) is 9.68 Å². The summed E-state index contributed by atoms with van der Waals surface area (Å²) in [6.07, 6.45) is 5.64. The minimum Gasteiger partial charge on any atom is -0.385 e. The molecular formula is C20H26N4O3S2. The van der Waals surface area contributed by atoms with Crippen LogP contribution in [-0.4, -0.2) is 20.3 Å². The van der Waals surface area contributed by atoms with Gasteiger partial charge in [-0.3, -0.25) is 4.98 Å². The molecule has 4 N–H and O–H groups in total. The highest BCUT2D eigenvalue weighted by molar-refractivity contribution is 7.93. The molecule has 0 saturated carbocycles. The largest absolute Gasteiger partial charge is 0.385 e. The number of nitrogens with one attached hydrogen (secondary N) is 1. The lowest BCUT2D eigenvalue weighted by Gasteiger charge is -2.14. The van der Waals surface area contributed by atoms with E-state index in [1.54, 1.807) is 26.8 Å². The predicted molar refractivity (Wildman–Crippen MR) is 115 cm³/mol. The topological polar surface area (TPSA) is 118 Å². The zero-order chi connectivity index (χ0) is 21.0. The Balaban J connectivity index is 1.68. The van der Waals surface area contributed by atoms with Crippen molar-refractivity contribution >= 4 is 33.0 Å². The molecule has 2 aliphatic carbocycles. The average Bonchev–Trinajstić information content (AvgIpc) is 3.31. The lowest BCUT2D eigenvalue weighted by molar-refractivity contribution is 0.0825. The molecule has 1 atom stereocenters. The van der Waals surface area contributed by atoms with Gasteiger partial charge >= 0.3 is 6.03 Å². The van der Waals surface area contributed by atoms with Gasteiger partial charge in [0.25, 0.3) is 0 Å². The van der Waals surface area contributed by atoms with Gasteiger partial charge in [0, 0.05) is 16.3 Å². The predicted octanol–water partition coefficient (Wildman–Crippen LogP) is 3.59. The monoisotopic (exact) mass is 434 g/mol. The Hall–Kier alpha value is -1.81. The molecule has 2 heterocycles. The number of carbonyl (C=O) groups excluding carboxylic acids is 1. The van der Waals surface area contributed by atoms with E-state index in [0.29, 0.717) is 14.6 Å². The molecule has 9 heteroatoms. The van der Waals surface area contributed by atoms with E-state index in [4.69, 9.17) is 10.1 Å². The third kappa shape index (κ3) is 3.84. The van der Waals surface area contributed by atoms with Crippen molar-refractivity contribution < 1.29 is 14.1 Å². The summed E-state index contributed by atoms with van der Waals surface area (Å²) in [7, 11) is -3.42. The van der Waals surface area contributed by atoms with E-state index in [0.717, 1.165) is 78.1 Å². The van der Waals surface area contributed by atoms with Gasteiger partial charge in [-0.25, -0.2) is 14.1 Å². The van der Waals surface area contributed by atoms with Crippen LogP contribution in [0.1, 0.15) is 59.6 Å². The van der Waals surface area contributed by atoms with E-state index < -0.39 is 21.5 Å². The first-order valence-corrected chi connectivity index (χ1v) is 12.2. The lowest BCUT2D eigenvalue weighted by atomic mass is 10.1. The molecule has 0 spiro atoms. The normalized spacial score (nSPS) is 17.6. The minimum atomic E-state index is -3.42. The molecule has 4 rings (SSSR count). The summed E-state index contributed by atoms with van der Waals surface area (Å²) in [5.41, 5.74) is 4.63. The van der Waals surface area contributed by atoms with Crippen LogP contribution in [-0.2, 0) is 41.2 Å². The van der Waals surface area contributed by atoms with Crippen molar-refractivity contribution in [1.29, 1.82) is 0 Å². The number of nitrogens with zero attached hydrogens (tertiary/aromatic N) is 2. The van der Waals surface area contributed by atoms with Crippen molar-refractivity contribution in [2.24, 2.45) is 9.50 Å². The Morgan fingerprint density at radius 1 is 1.24 bits per heavy atom. The lowest BCUT2D eigenvalue weighted by Crippen LogP contribution is -2.19. The Morgan fingerprint density at radius 3 is 2.34 bits per heavy atom. The summed E-state index contributed by atoms with van der Waals surface area (Å²) in [6.45, 7) is 5.05. The number of urea groups is 1. The molecule has 0 radical (unpaired) electrons. The Kier molecular flexibility index (Phi) is 5.05. The molecule has 2 amide bonds. The van der Waals surface area contributed by atoms with Crippen molar-refractivity contribution in [2.75, 3.05) is 5.32 Å². The summed E-state index contributed by atoms with van der Waals surface area (Å²) in [4.78, 5) is 18.1. The molecule has 156 valence electrons. The number of anilines is 1. The smallest absolute Gasteiger partial charge is 0.354 e. The van der Waals surface area contributed by atoms with Gasteiger partial charge in [-0.05, 0) is 82.1 Å². The van der Waals surface area contributed by atoms with E-state index in [-0.39, 0.29) is 0 Å². The summed E-state index contributed by atoms with van der Waals surface area (Å²) < 4.78 is 17.2. The van der Waals surface area contributed by atoms with Gasteiger partial charge in [-0.1, -0.05) is 0 Å². The van der Waals surface area contributed by atoms with Crippen LogP contribution in [0.2, 0.25) is 0 Å². The number of aromatic nitrogens is 1. The highest BCUT2D eigenvalue weighted by Crippen LogP contribution is 2.37. The number of hydrogen-bond acceptors (Lipinski definition) is 5. The number of aryl methyl sites for hydroxylation is 3. The van der Waals surface area contributed by atoms with Crippen LogP contribution in [0, 0.1) is 6.92 Å². The van der Waals surface area contributed by atoms with E-state index >= 15 is 0 Å². The maximum Gasteiger partial charge on any atom is 0.354 e. The molecule has 7 nitrogen and oxygen atoms in total. The first-order valence-electron chi connectivity index (χ1n) is 9.79. The van der Waals surface area contributed by atoms with Gasteiger partial charge < -0.3 is 10.4 Å². The molecule has 0 aromatic carbocycles. The zero-order valence-electron chi connectivity index (χ0n) is 16.9. The van der Waals surface area contributed by atoms with Crippen LogP contribution in [0.5, 0.6) is 0 Å². The Bertz CT molecular complexity index is 1090. The molecule has 2 aliphatic rings. The first kappa shape index (κ1) is 20.5. The van der Waals surface area contributed by atoms with E-state index in [1.165, 1.54) is 0 Å². The fourth-order valence-corrected chi connectivity index (χ4v) is 6.75. The van der Waals surface area contributed by atoms with Crippen LogP contribution in [0.25, 0.3) is 0 Å². The van der Waals surface area contributed by atoms with Crippen molar-refractivity contribution in [3.05, 3.63) is 39.0 Å². The summed E-state index contributed by atoms with van der Waals surface area (Å²) in [5.74, 6) is 0. The highest BCUT2D eigenvalue weighted by atomic mass is 32.2. The summed E-state index contributed by atoms with van der Waals surface area (Å²) in [6, 6.07) is 1.03. The fourth-order valence-electron chi connectivity index (χ4n) is 4.09. The SMILES string of the molecule is Cc1cc(C(C)(C)O)sc1[S@@](N)(=O)=NC(=O)Nc1c2c(nc3c1CCC3)CCC2. The van der Waals surface area contributed by atoms with Gasteiger partial charge in [0.1, 0.15) is 4.21 Å². The number of carbonyl (C=O) groups is 1. The molecule has 0 saturated heterocycles. The van der Waals surface area contributed by atoms with Crippen LogP contribution in [0.4, 0.5) is 10.5 Å². The molecular weight excluding hydrogens is 408 g/mol. The van der Waals surface area contributed by atoms with Crippen LogP contribution in [0.3, 0.4) is 0 Å². The number of thiophene rings is 1. The number of pyridine rings is 1. The second kappa shape index (κ2) is 7.16. The van der Waals surface area contributed by atoms with Gasteiger partial charge in [0.05, 0.1) is 11.3 Å². The molecule has 29 heavy (non-hydrogen) atoms. The molecule has 2 aromatic rings. The van der Waals surface area contributed by atoms with Crippen molar-refractivity contribution in [2.45, 2.75) is 69.1 Å². The zero-order valence-corrected chi connectivity index (χ0v) is 18.5. The maximum absolute atomic E-state index is 13.1. The molecule has 0 fully saturated rings. The molecule has 2 aromatic heterocycles. The molecule has 0 bridgehead atoms. The van der Waals surface area contributed by atoms with Crippen LogP contribution >= 0.6 is 11.3 Å². The Morgan fingerprint density at radius 2 is 1.83 bits per heavy atom. The number of fused-ring (bicyclic) bond motifs is 2. The maximum atomic E-state index is 13.1. The van der Waals surface area contributed by atoms with Gasteiger partial charge in [0.2, 0.25) is 0 Å². The summed E-state index contributed by atoms with van der Waals surface area (Å²) in [5, 5.41) is 19.1. The third-order valence-electron chi connectivity index (χ3n) is 5.44. The van der Waals surface area contributed by atoms with Crippen molar-refractivity contribution in [1.82, 2.24) is 4.98 Å². The van der Waals surface area contributed by atoms with Crippen LogP contribution < -0.4 is 10.5 Å². The van der Waals surface area contributed by atoms with Crippen molar-refractivity contribution in [3.8, 4) is 0 Å². The Labute approximate surface area is 175 Å². The first-order chi connectivity index (χ1) is 13.6. The second-order valence-corrected chi connectivity index (χ2v) is 11.3. The molecule has 0 unspecified atom stereocenters. The fraction of sp³-hybridized carbons (Fsp3) is 0.500. The number of aliphatic hydroxyl groups is 1.